The minimum absolute atomic E-state index is 0.0822. The van der Waals surface area contributed by atoms with E-state index in [1.54, 1.807) is 6.07 Å². The summed E-state index contributed by atoms with van der Waals surface area (Å²) in [6.45, 7) is 3.12. The third-order valence-corrected chi connectivity index (χ3v) is 3.55. The Kier molecular flexibility index (Phi) is 3.66. The maximum atomic E-state index is 11.9. The number of furan rings is 1. The Morgan fingerprint density at radius 1 is 1.69 bits per heavy atom. The zero-order chi connectivity index (χ0) is 11.5. The Balaban J connectivity index is 1.99. The van der Waals surface area contributed by atoms with E-state index in [-0.39, 0.29) is 11.9 Å². The quantitative estimate of drug-likeness (QED) is 0.873. The Bertz CT molecular complexity index is 378. The van der Waals surface area contributed by atoms with E-state index in [4.69, 9.17) is 4.42 Å². The Morgan fingerprint density at radius 2 is 2.50 bits per heavy atom. The number of carbonyl (C=O) groups is 1. The lowest BCUT2D eigenvalue weighted by Crippen LogP contribution is -2.51. The molecule has 16 heavy (non-hydrogen) atoms. The van der Waals surface area contributed by atoms with Crippen LogP contribution in [0, 0.1) is 0 Å². The molecule has 2 unspecified atom stereocenters. The van der Waals surface area contributed by atoms with E-state index in [0.717, 1.165) is 19.4 Å². The number of hydrogen-bond acceptors (Lipinski definition) is 3. The maximum absolute atomic E-state index is 11.9. The van der Waals surface area contributed by atoms with Crippen LogP contribution in [0.5, 0.6) is 0 Å². The highest BCUT2D eigenvalue weighted by Gasteiger charge is 2.24. The van der Waals surface area contributed by atoms with E-state index in [1.807, 2.05) is 0 Å². The monoisotopic (exact) mass is 286 g/mol. The lowest BCUT2D eigenvalue weighted by Gasteiger charge is -2.30. The predicted octanol–water partition coefficient (Wildman–Crippen LogP) is 1.91. The molecule has 1 aliphatic heterocycles. The number of carbonyl (C=O) groups excluding carboxylic acids is 1. The van der Waals surface area contributed by atoms with Gasteiger partial charge < -0.3 is 15.1 Å². The van der Waals surface area contributed by atoms with Gasteiger partial charge in [-0.25, -0.2) is 0 Å². The zero-order valence-corrected chi connectivity index (χ0v) is 10.7. The summed E-state index contributed by atoms with van der Waals surface area (Å²) in [6, 6.07) is 2.19. The van der Waals surface area contributed by atoms with Crippen molar-refractivity contribution in [2.45, 2.75) is 31.8 Å². The number of piperidine rings is 1. The number of amides is 1. The molecule has 0 saturated carbocycles. The molecule has 1 aliphatic rings. The van der Waals surface area contributed by atoms with Crippen molar-refractivity contribution in [2.24, 2.45) is 0 Å². The van der Waals surface area contributed by atoms with E-state index >= 15 is 0 Å². The van der Waals surface area contributed by atoms with Gasteiger partial charge in [-0.05, 0) is 48.3 Å². The Labute approximate surface area is 103 Å². The molecule has 0 spiro atoms. The second-order valence-electron chi connectivity index (χ2n) is 4.07. The molecular formula is C11H15BrN2O2. The standard InChI is InChI=1S/C11H15BrN2O2/c1-7-9(3-2-5-13-7)14-11(15)8-4-6-16-10(8)12/h4,6-7,9,13H,2-3,5H2,1H3,(H,14,15). The molecule has 2 N–H and O–H groups in total. The summed E-state index contributed by atoms with van der Waals surface area (Å²) in [5.74, 6) is -0.0822. The maximum Gasteiger partial charge on any atom is 0.256 e. The van der Waals surface area contributed by atoms with Crippen LogP contribution in [-0.2, 0) is 0 Å². The van der Waals surface area contributed by atoms with Crippen LogP contribution in [0.4, 0.5) is 0 Å². The van der Waals surface area contributed by atoms with Crippen molar-refractivity contribution in [1.29, 1.82) is 0 Å². The summed E-state index contributed by atoms with van der Waals surface area (Å²) in [5.41, 5.74) is 0.553. The highest BCUT2D eigenvalue weighted by atomic mass is 79.9. The van der Waals surface area contributed by atoms with E-state index in [0.29, 0.717) is 16.3 Å². The predicted molar refractivity (Wildman–Crippen MR) is 64.4 cm³/mol. The van der Waals surface area contributed by atoms with E-state index in [1.165, 1.54) is 6.26 Å². The van der Waals surface area contributed by atoms with Crippen LogP contribution in [-0.4, -0.2) is 24.5 Å². The molecule has 88 valence electrons. The van der Waals surface area contributed by atoms with Gasteiger partial charge in [0.25, 0.3) is 5.91 Å². The largest absolute Gasteiger partial charge is 0.457 e. The Morgan fingerprint density at radius 3 is 3.12 bits per heavy atom. The average Bonchev–Trinajstić information content (AvgIpc) is 2.68. The van der Waals surface area contributed by atoms with Gasteiger partial charge in [0.05, 0.1) is 11.8 Å². The van der Waals surface area contributed by atoms with E-state index < -0.39 is 0 Å². The summed E-state index contributed by atoms with van der Waals surface area (Å²) < 4.78 is 5.53. The summed E-state index contributed by atoms with van der Waals surface area (Å²) in [5, 5.41) is 6.37. The lowest BCUT2D eigenvalue weighted by molar-refractivity contribution is 0.0918. The fourth-order valence-corrected chi connectivity index (χ4v) is 2.36. The number of halogens is 1. The Hall–Kier alpha value is -0.810. The summed E-state index contributed by atoms with van der Waals surface area (Å²) in [6.07, 6.45) is 3.62. The van der Waals surface area contributed by atoms with Gasteiger partial charge in [-0.1, -0.05) is 0 Å². The summed E-state index contributed by atoms with van der Waals surface area (Å²) in [4.78, 5) is 11.9. The molecule has 1 aromatic rings. The first kappa shape index (κ1) is 11.7. The first-order valence-corrected chi connectivity index (χ1v) is 6.25. The molecule has 1 amide bonds. The highest BCUT2D eigenvalue weighted by molar-refractivity contribution is 9.10. The normalized spacial score (nSPS) is 25.4. The molecule has 0 aromatic carbocycles. The third-order valence-electron chi connectivity index (χ3n) is 2.94. The topological polar surface area (TPSA) is 54.3 Å². The zero-order valence-electron chi connectivity index (χ0n) is 9.13. The van der Waals surface area contributed by atoms with Gasteiger partial charge in [-0.15, -0.1) is 0 Å². The van der Waals surface area contributed by atoms with Crippen LogP contribution in [0.25, 0.3) is 0 Å². The molecule has 1 saturated heterocycles. The van der Waals surface area contributed by atoms with Crippen LogP contribution >= 0.6 is 15.9 Å². The van der Waals surface area contributed by atoms with E-state index in [2.05, 4.69) is 33.5 Å². The third kappa shape index (κ3) is 2.47. The average molecular weight is 287 g/mol. The molecule has 2 rings (SSSR count). The summed E-state index contributed by atoms with van der Waals surface area (Å²) in [7, 11) is 0. The van der Waals surface area contributed by atoms with Crippen molar-refractivity contribution in [3.8, 4) is 0 Å². The number of nitrogens with one attached hydrogen (secondary N) is 2. The first-order chi connectivity index (χ1) is 7.68. The van der Waals surface area contributed by atoms with Crippen LogP contribution in [0.2, 0.25) is 0 Å². The van der Waals surface area contributed by atoms with Crippen molar-refractivity contribution in [1.82, 2.24) is 10.6 Å². The van der Waals surface area contributed by atoms with Crippen molar-refractivity contribution >= 4 is 21.8 Å². The molecule has 0 radical (unpaired) electrons. The van der Waals surface area contributed by atoms with Crippen LogP contribution < -0.4 is 10.6 Å². The van der Waals surface area contributed by atoms with Gasteiger partial charge in [-0.2, -0.15) is 0 Å². The minimum Gasteiger partial charge on any atom is -0.457 e. The summed E-state index contributed by atoms with van der Waals surface area (Å²) >= 11 is 3.20. The molecule has 1 fully saturated rings. The smallest absolute Gasteiger partial charge is 0.256 e. The van der Waals surface area contributed by atoms with Gasteiger partial charge in [0.2, 0.25) is 0 Å². The lowest BCUT2D eigenvalue weighted by atomic mass is 9.99. The second-order valence-corrected chi connectivity index (χ2v) is 4.79. The van der Waals surface area contributed by atoms with Crippen molar-refractivity contribution in [3.05, 3.63) is 22.6 Å². The molecule has 1 aromatic heterocycles. The molecule has 0 bridgehead atoms. The van der Waals surface area contributed by atoms with Gasteiger partial charge in [0, 0.05) is 12.1 Å². The van der Waals surface area contributed by atoms with Crippen LogP contribution in [0.1, 0.15) is 30.1 Å². The van der Waals surface area contributed by atoms with Crippen molar-refractivity contribution in [2.75, 3.05) is 6.54 Å². The molecule has 2 atom stereocenters. The van der Waals surface area contributed by atoms with Gasteiger partial charge >= 0.3 is 0 Å². The number of rotatable bonds is 2. The van der Waals surface area contributed by atoms with Crippen LogP contribution in [0.3, 0.4) is 0 Å². The molecule has 4 nitrogen and oxygen atoms in total. The van der Waals surface area contributed by atoms with Gasteiger partial charge in [-0.3, -0.25) is 4.79 Å². The highest BCUT2D eigenvalue weighted by Crippen LogP contribution is 2.18. The first-order valence-electron chi connectivity index (χ1n) is 5.45. The second kappa shape index (κ2) is 5.01. The fourth-order valence-electron chi connectivity index (χ4n) is 1.94. The van der Waals surface area contributed by atoms with E-state index in [9.17, 15) is 4.79 Å². The SMILES string of the molecule is CC1NCCCC1NC(=O)c1ccoc1Br. The van der Waals surface area contributed by atoms with Gasteiger partial charge in [0.15, 0.2) is 4.67 Å². The molecule has 5 heteroatoms. The van der Waals surface area contributed by atoms with Gasteiger partial charge in [0.1, 0.15) is 0 Å². The van der Waals surface area contributed by atoms with Crippen LogP contribution in [0.15, 0.2) is 21.4 Å². The van der Waals surface area contributed by atoms with Crippen molar-refractivity contribution in [3.63, 3.8) is 0 Å². The molecule has 2 heterocycles. The number of hydrogen-bond donors (Lipinski definition) is 2. The fraction of sp³-hybridized carbons (Fsp3) is 0.545. The van der Waals surface area contributed by atoms with Crippen molar-refractivity contribution < 1.29 is 9.21 Å². The molecular weight excluding hydrogens is 272 g/mol. The minimum atomic E-state index is -0.0822. The molecule has 0 aliphatic carbocycles.